The molecule has 0 aliphatic carbocycles. The van der Waals surface area contributed by atoms with Crippen LogP contribution in [0.4, 0.5) is 14.5 Å². The molecule has 0 spiro atoms. The summed E-state index contributed by atoms with van der Waals surface area (Å²) in [5.74, 6) is -2.76. The number of nitrogens with zero attached hydrogens (tertiary/aromatic N) is 1. The van der Waals surface area contributed by atoms with Crippen molar-refractivity contribution in [1.29, 1.82) is 0 Å². The zero-order valence-electron chi connectivity index (χ0n) is 13.7. The van der Waals surface area contributed by atoms with Gasteiger partial charge in [-0.15, -0.1) is 24.8 Å². The number of alkyl halides is 2. The van der Waals surface area contributed by atoms with Crippen LogP contribution in [0.3, 0.4) is 0 Å². The Kier molecular flexibility index (Phi) is 8.20. The van der Waals surface area contributed by atoms with E-state index < -0.39 is 30.8 Å². The Morgan fingerprint density at radius 2 is 2.08 bits per heavy atom. The molecule has 9 heteroatoms. The highest BCUT2D eigenvalue weighted by Gasteiger charge is 2.42. The van der Waals surface area contributed by atoms with Crippen LogP contribution in [0.1, 0.15) is 12.1 Å². The molecule has 1 aliphatic heterocycles. The molecule has 5 nitrogen and oxygen atoms in total. The van der Waals surface area contributed by atoms with Crippen molar-refractivity contribution in [1.82, 2.24) is 10.3 Å². The van der Waals surface area contributed by atoms with Gasteiger partial charge in [0.2, 0.25) is 5.91 Å². The molecule has 1 aliphatic rings. The van der Waals surface area contributed by atoms with Gasteiger partial charge in [0.1, 0.15) is 12.4 Å². The second-order valence-corrected chi connectivity index (χ2v) is 5.62. The predicted octanol–water partition coefficient (Wildman–Crippen LogP) is 3.44. The lowest BCUT2D eigenvalue weighted by atomic mass is 10.2. The Labute approximate surface area is 162 Å². The highest BCUT2D eigenvalue weighted by molar-refractivity contribution is 5.95. The molecule has 3 rings (SSSR count). The van der Waals surface area contributed by atoms with Crippen molar-refractivity contribution in [2.75, 3.05) is 11.9 Å². The molecule has 1 amide bonds. The highest BCUT2D eigenvalue weighted by atomic mass is 35.5. The van der Waals surface area contributed by atoms with Gasteiger partial charge in [-0.25, -0.2) is 8.78 Å². The number of aromatic nitrogens is 1. The Morgan fingerprint density at radius 3 is 2.73 bits per heavy atom. The molecule has 1 unspecified atom stereocenters. The monoisotopic (exact) mass is 405 g/mol. The molecule has 1 atom stereocenters. The number of carbonyl (C=O) groups excluding carboxylic acids is 1. The molecule has 0 radical (unpaired) electrons. The van der Waals surface area contributed by atoms with Crippen LogP contribution in [-0.4, -0.2) is 29.4 Å². The summed E-state index contributed by atoms with van der Waals surface area (Å²) in [4.78, 5) is 16.2. The molecule has 0 saturated carbocycles. The number of carbonyl (C=O) groups is 1. The third kappa shape index (κ3) is 6.09. The lowest BCUT2D eigenvalue weighted by Crippen LogP contribution is -2.35. The van der Waals surface area contributed by atoms with E-state index in [1.165, 1.54) is 0 Å². The lowest BCUT2D eigenvalue weighted by molar-refractivity contribution is -0.118. The summed E-state index contributed by atoms with van der Waals surface area (Å²) in [7, 11) is 0. The van der Waals surface area contributed by atoms with Crippen molar-refractivity contribution in [2.24, 2.45) is 0 Å². The summed E-state index contributed by atoms with van der Waals surface area (Å²) in [5, 5.41) is 5.16. The fourth-order valence-electron chi connectivity index (χ4n) is 2.43. The minimum Gasteiger partial charge on any atom is -0.487 e. The van der Waals surface area contributed by atoms with Gasteiger partial charge in [0.15, 0.2) is 0 Å². The fourth-order valence-corrected chi connectivity index (χ4v) is 2.43. The molecule has 1 aromatic carbocycles. The van der Waals surface area contributed by atoms with Crippen LogP contribution in [0.5, 0.6) is 5.75 Å². The standard InChI is InChI=1S/C17H17F2N3O2.2ClH/c18-17(19)9-15(21-11-17)16(23)22-12-5-3-6-14(8-12)24-10-13-4-1-2-7-20-13;;/h1-8,15,21H,9-11H2,(H,22,23);2*1H. The van der Waals surface area contributed by atoms with Gasteiger partial charge in [0, 0.05) is 24.4 Å². The van der Waals surface area contributed by atoms with Gasteiger partial charge in [0.05, 0.1) is 18.3 Å². The summed E-state index contributed by atoms with van der Waals surface area (Å²) in [5.41, 5.74) is 1.28. The van der Waals surface area contributed by atoms with Crippen LogP contribution >= 0.6 is 24.8 Å². The molecule has 0 bridgehead atoms. The minimum absolute atomic E-state index is 0. The van der Waals surface area contributed by atoms with E-state index in [0.717, 1.165) is 5.69 Å². The zero-order valence-corrected chi connectivity index (χ0v) is 15.3. The third-order valence-corrected chi connectivity index (χ3v) is 3.64. The Balaban J connectivity index is 0.00000169. The second kappa shape index (κ2) is 9.66. The number of rotatable bonds is 5. The van der Waals surface area contributed by atoms with E-state index in [9.17, 15) is 13.6 Å². The average molecular weight is 406 g/mol. The number of hydrogen-bond donors (Lipinski definition) is 2. The van der Waals surface area contributed by atoms with E-state index >= 15 is 0 Å². The normalized spacial score (nSPS) is 17.5. The maximum Gasteiger partial charge on any atom is 0.262 e. The molecule has 1 fully saturated rings. The average Bonchev–Trinajstić information content (AvgIpc) is 2.94. The Morgan fingerprint density at radius 1 is 1.27 bits per heavy atom. The molecule has 26 heavy (non-hydrogen) atoms. The van der Waals surface area contributed by atoms with Crippen molar-refractivity contribution in [3.8, 4) is 5.75 Å². The largest absolute Gasteiger partial charge is 0.487 e. The van der Waals surface area contributed by atoms with Gasteiger partial charge in [-0.3, -0.25) is 15.1 Å². The van der Waals surface area contributed by atoms with Crippen LogP contribution in [0.2, 0.25) is 0 Å². The molecule has 2 aromatic rings. The predicted molar refractivity (Wildman–Crippen MR) is 99.5 cm³/mol. The number of amides is 1. The van der Waals surface area contributed by atoms with Crippen LogP contribution in [0, 0.1) is 0 Å². The molecule has 2 heterocycles. The zero-order chi connectivity index (χ0) is 17.0. The van der Waals surface area contributed by atoms with E-state index in [2.05, 4.69) is 15.6 Å². The summed E-state index contributed by atoms with van der Waals surface area (Å²) >= 11 is 0. The molecule has 1 aromatic heterocycles. The molecular weight excluding hydrogens is 387 g/mol. The molecular formula is C17H19Cl2F2N3O2. The van der Waals surface area contributed by atoms with Crippen LogP contribution in [0.25, 0.3) is 0 Å². The minimum atomic E-state index is -2.84. The van der Waals surface area contributed by atoms with Crippen LogP contribution < -0.4 is 15.4 Å². The molecule has 1 saturated heterocycles. The summed E-state index contributed by atoms with van der Waals surface area (Å²) < 4.78 is 31.9. The Bertz CT molecular complexity index is 720. The summed E-state index contributed by atoms with van der Waals surface area (Å²) in [6, 6.07) is 11.4. The van der Waals surface area contributed by atoms with Crippen molar-refractivity contribution in [3.05, 3.63) is 54.4 Å². The molecule has 142 valence electrons. The lowest BCUT2D eigenvalue weighted by Gasteiger charge is -2.12. The van der Waals surface area contributed by atoms with Crippen molar-refractivity contribution in [3.63, 3.8) is 0 Å². The smallest absolute Gasteiger partial charge is 0.262 e. The van der Waals surface area contributed by atoms with Gasteiger partial charge in [-0.1, -0.05) is 12.1 Å². The highest BCUT2D eigenvalue weighted by Crippen LogP contribution is 2.26. The number of ether oxygens (including phenoxy) is 1. The third-order valence-electron chi connectivity index (χ3n) is 3.64. The van der Waals surface area contributed by atoms with Crippen molar-refractivity contribution < 1.29 is 18.3 Å². The van der Waals surface area contributed by atoms with E-state index in [1.54, 1.807) is 30.5 Å². The van der Waals surface area contributed by atoms with Crippen molar-refractivity contribution in [2.45, 2.75) is 25.0 Å². The summed E-state index contributed by atoms with van der Waals surface area (Å²) in [6.07, 6.45) is 1.19. The van der Waals surface area contributed by atoms with Gasteiger partial charge in [-0.05, 0) is 24.3 Å². The van der Waals surface area contributed by atoms with Gasteiger partial charge in [0.25, 0.3) is 5.92 Å². The Hall–Kier alpha value is -1.96. The first-order chi connectivity index (χ1) is 11.5. The number of anilines is 1. The first-order valence-corrected chi connectivity index (χ1v) is 7.57. The first-order valence-electron chi connectivity index (χ1n) is 7.57. The van der Waals surface area contributed by atoms with Gasteiger partial charge < -0.3 is 10.1 Å². The van der Waals surface area contributed by atoms with E-state index in [0.29, 0.717) is 18.0 Å². The quantitative estimate of drug-likeness (QED) is 0.799. The first kappa shape index (κ1) is 22.1. The summed E-state index contributed by atoms with van der Waals surface area (Å²) in [6.45, 7) is -0.174. The van der Waals surface area contributed by atoms with Crippen molar-refractivity contribution >= 4 is 36.4 Å². The maximum absolute atomic E-state index is 13.2. The number of halogens is 4. The SMILES string of the molecule is Cl.Cl.O=C(Nc1cccc(OCc2ccccn2)c1)C1CC(F)(F)CN1. The topological polar surface area (TPSA) is 63.2 Å². The van der Waals surface area contributed by atoms with E-state index in [1.807, 2.05) is 18.2 Å². The second-order valence-electron chi connectivity index (χ2n) is 5.62. The van der Waals surface area contributed by atoms with E-state index in [-0.39, 0.29) is 24.8 Å². The maximum atomic E-state index is 13.2. The van der Waals surface area contributed by atoms with Gasteiger partial charge in [-0.2, -0.15) is 0 Å². The van der Waals surface area contributed by atoms with Gasteiger partial charge >= 0.3 is 0 Å². The van der Waals surface area contributed by atoms with Crippen LogP contribution in [-0.2, 0) is 11.4 Å². The molecule has 2 N–H and O–H groups in total. The number of pyridine rings is 1. The number of nitrogens with one attached hydrogen (secondary N) is 2. The van der Waals surface area contributed by atoms with E-state index in [4.69, 9.17) is 4.74 Å². The van der Waals surface area contributed by atoms with Crippen LogP contribution in [0.15, 0.2) is 48.7 Å². The fraction of sp³-hybridized carbons (Fsp3) is 0.294. The number of hydrogen-bond acceptors (Lipinski definition) is 4. The number of benzene rings is 1.